The van der Waals surface area contributed by atoms with Crippen LogP contribution in [0.4, 0.5) is 0 Å². The van der Waals surface area contributed by atoms with E-state index in [9.17, 15) is 14.7 Å². The van der Waals surface area contributed by atoms with Gasteiger partial charge in [-0.05, 0) is 12.1 Å². The molecule has 3 atom stereocenters. The maximum atomic E-state index is 13.2. The molecule has 6 rings (SSSR count). The van der Waals surface area contributed by atoms with Crippen LogP contribution in [0.3, 0.4) is 0 Å². The summed E-state index contributed by atoms with van der Waals surface area (Å²) in [6.07, 6.45) is 3.43. The van der Waals surface area contributed by atoms with E-state index in [0.29, 0.717) is 41.7 Å². The zero-order valence-corrected chi connectivity index (χ0v) is 19.3. The molecule has 0 aliphatic carbocycles. The third-order valence-corrected chi connectivity index (χ3v) is 7.04. The van der Waals surface area contributed by atoms with Crippen molar-refractivity contribution < 1.29 is 19.4 Å². The number of aliphatic hydroxyl groups excluding tert-OH is 1. The Balaban J connectivity index is 1.58. The summed E-state index contributed by atoms with van der Waals surface area (Å²) < 4.78 is 10.1. The van der Waals surface area contributed by atoms with Crippen molar-refractivity contribution in [1.82, 2.24) is 14.5 Å². The van der Waals surface area contributed by atoms with Crippen molar-refractivity contribution in [2.24, 2.45) is 12.8 Å². The first-order chi connectivity index (χ1) is 17.0. The van der Waals surface area contributed by atoms with Crippen LogP contribution in [0.15, 0.2) is 60.9 Å². The number of amides is 2. The van der Waals surface area contributed by atoms with E-state index >= 15 is 0 Å². The fourth-order valence-electron chi connectivity index (χ4n) is 5.45. The Labute approximate surface area is 201 Å². The molecule has 2 aliphatic rings. The highest BCUT2D eigenvalue weighted by molar-refractivity contribution is 6.50. The van der Waals surface area contributed by atoms with Gasteiger partial charge in [-0.1, -0.05) is 36.4 Å². The van der Waals surface area contributed by atoms with E-state index in [2.05, 4.69) is 5.32 Å². The van der Waals surface area contributed by atoms with Crippen molar-refractivity contribution in [3.63, 3.8) is 0 Å². The average Bonchev–Trinajstić information content (AvgIpc) is 3.49. The number of para-hydroxylation sites is 2. The van der Waals surface area contributed by atoms with Crippen molar-refractivity contribution >= 4 is 44.8 Å². The fourth-order valence-corrected chi connectivity index (χ4v) is 5.45. The van der Waals surface area contributed by atoms with Gasteiger partial charge in [0.15, 0.2) is 0 Å². The first-order valence-corrected chi connectivity index (χ1v) is 11.7. The second-order valence-electron chi connectivity index (χ2n) is 9.24. The zero-order valence-electron chi connectivity index (χ0n) is 19.3. The van der Waals surface area contributed by atoms with Gasteiger partial charge in [-0.2, -0.15) is 0 Å². The number of nitrogens with zero attached hydrogens (tertiary/aromatic N) is 2. The van der Waals surface area contributed by atoms with Crippen LogP contribution in [-0.4, -0.2) is 44.8 Å². The molecule has 1 saturated heterocycles. The molecule has 4 N–H and O–H groups in total. The maximum absolute atomic E-state index is 13.2. The van der Waals surface area contributed by atoms with Gasteiger partial charge in [0.1, 0.15) is 6.23 Å². The molecule has 2 aromatic carbocycles. The van der Waals surface area contributed by atoms with Crippen molar-refractivity contribution in [3.05, 3.63) is 72.1 Å². The number of nitrogens with two attached hydrogens (primary N) is 1. The Kier molecular flexibility index (Phi) is 5.10. The Morgan fingerprint density at radius 1 is 0.943 bits per heavy atom. The van der Waals surface area contributed by atoms with Gasteiger partial charge in [-0.25, -0.2) is 0 Å². The number of carbonyl (C=O) groups is 2. The molecule has 0 radical (unpaired) electrons. The first-order valence-electron chi connectivity index (χ1n) is 11.7. The lowest BCUT2D eigenvalue weighted by Crippen LogP contribution is -2.37. The molecular formula is C27H26N4O4. The second-order valence-corrected chi connectivity index (χ2v) is 9.24. The van der Waals surface area contributed by atoms with Gasteiger partial charge in [0, 0.05) is 66.2 Å². The molecule has 2 amide bonds. The predicted molar refractivity (Wildman–Crippen MR) is 133 cm³/mol. The SMILES string of the molecule is Cn1cc(C2=C(c3cn([C@H]4C[C@H](O)C[C@@H](CN)O4)c4ccccc34)C(=O)NC2=O)c2ccccc21. The van der Waals surface area contributed by atoms with Crippen LogP contribution in [0.2, 0.25) is 0 Å². The number of hydrogen-bond donors (Lipinski definition) is 3. The van der Waals surface area contributed by atoms with Crippen LogP contribution in [0.1, 0.15) is 30.2 Å². The predicted octanol–water partition coefficient (Wildman–Crippen LogP) is 2.70. The fraction of sp³-hybridized carbons (Fsp3) is 0.259. The number of nitrogens with one attached hydrogen (secondary N) is 1. The van der Waals surface area contributed by atoms with E-state index in [1.54, 1.807) is 0 Å². The normalized spacial score (nSPS) is 23.0. The molecule has 8 nitrogen and oxygen atoms in total. The largest absolute Gasteiger partial charge is 0.393 e. The number of rotatable bonds is 4. The van der Waals surface area contributed by atoms with Gasteiger partial charge in [-0.3, -0.25) is 14.9 Å². The van der Waals surface area contributed by atoms with E-state index in [-0.39, 0.29) is 6.10 Å². The summed E-state index contributed by atoms with van der Waals surface area (Å²) >= 11 is 0. The summed E-state index contributed by atoms with van der Waals surface area (Å²) in [7, 11) is 1.92. The summed E-state index contributed by atoms with van der Waals surface area (Å²) in [4.78, 5) is 26.3. The van der Waals surface area contributed by atoms with Gasteiger partial charge >= 0.3 is 0 Å². The standard InChI is InChI=1S/C27H26N4O4/c1-30-13-19(17-6-2-4-8-21(17)30)24-25(27(34)29-26(24)33)20-14-31(22-9-5-3-7-18(20)22)23-11-15(32)10-16(12-28)35-23/h2-9,13-16,23,32H,10-12,28H2,1H3,(H,29,33,34)/t15-,16+,23-/m1/s1. The number of hydrogen-bond acceptors (Lipinski definition) is 5. The molecule has 4 aromatic rings. The molecule has 0 bridgehead atoms. The lowest BCUT2D eigenvalue weighted by Gasteiger charge is -2.33. The molecule has 0 spiro atoms. The van der Waals surface area contributed by atoms with E-state index < -0.39 is 24.1 Å². The third kappa shape index (κ3) is 3.41. The lowest BCUT2D eigenvalue weighted by molar-refractivity contribution is -0.123. The van der Waals surface area contributed by atoms with Crippen LogP contribution in [0, 0.1) is 0 Å². The molecule has 2 aliphatic heterocycles. The molecule has 1 fully saturated rings. The highest BCUT2D eigenvalue weighted by Gasteiger charge is 2.36. The Morgan fingerprint density at radius 3 is 2.23 bits per heavy atom. The first kappa shape index (κ1) is 21.8. The summed E-state index contributed by atoms with van der Waals surface area (Å²) in [5.41, 5.74) is 9.74. The molecule has 178 valence electrons. The molecule has 0 unspecified atom stereocenters. The Bertz CT molecular complexity index is 1530. The van der Waals surface area contributed by atoms with Crippen LogP contribution >= 0.6 is 0 Å². The number of imide groups is 1. The molecule has 4 heterocycles. The smallest absolute Gasteiger partial charge is 0.259 e. The highest BCUT2D eigenvalue weighted by atomic mass is 16.5. The molecule has 2 aromatic heterocycles. The monoisotopic (exact) mass is 470 g/mol. The Morgan fingerprint density at radius 2 is 1.54 bits per heavy atom. The van der Waals surface area contributed by atoms with E-state index in [0.717, 1.165) is 21.8 Å². The van der Waals surface area contributed by atoms with Crippen LogP contribution in [0.25, 0.3) is 33.0 Å². The van der Waals surface area contributed by atoms with E-state index in [4.69, 9.17) is 10.5 Å². The van der Waals surface area contributed by atoms with Crippen LogP contribution in [-0.2, 0) is 21.4 Å². The number of fused-ring (bicyclic) bond motifs is 2. The van der Waals surface area contributed by atoms with Crippen molar-refractivity contribution in [2.75, 3.05) is 6.54 Å². The van der Waals surface area contributed by atoms with Crippen molar-refractivity contribution in [2.45, 2.75) is 31.3 Å². The summed E-state index contributed by atoms with van der Waals surface area (Å²) in [6, 6.07) is 15.5. The van der Waals surface area contributed by atoms with E-state index in [1.165, 1.54) is 0 Å². The number of benzene rings is 2. The minimum absolute atomic E-state index is 0.254. The third-order valence-electron chi connectivity index (χ3n) is 7.04. The summed E-state index contributed by atoms with van der Waals surface area (Å²) in [5.74, 6) is -0.837. The lowest BCUT2D eigenvalue weighted by atomic mass is 9.95. The number of ether oxygens (including phenoxy) is 1. The van der Waals surface area contributed by atoms with Crippen LogP contribution in [0.5, 0.6) is 0 Å². The zero-order chi connectivity index (χ0) is 24.3. The topological polar surface area (TPSA) is 112 Å². The number of aliphatic hydroxyl groups is 1. The van der Waals surface area contributed by atoms with Gasteiger partial charge in [0.05, 0.1) is 28.9 Å². The van der Waals surface area contributed by atoms with Gasteiger partial charge in [-0.15, -0.1) is 0 Å². The minimum atomic E-state index is -0.534. The second kappa shape index (κ2) is 8.20. The number of aryl methyl sites for hydroxylation is 1. The van der Waals surface area contributed by atoms with Gasteiger partial charge in [0.2, 0.25) is 0 Å². The molecule has 35 heavy (non-hydrogen) atoms. The molecule has 0 saturated carbocycles. The maximum Gasteiger partial charge on any atom is 0.259 e. The number of carbonyl (C=O) groups excluding carboxylic acids is 2. The highest BCUT2D eigenvalue weighted by Crippen LogP contribution is 2.40. The average molecular weight is 471 g/mol. The van der Waals surface area contributed by atoms with Gasteiger partial charge < -0.3 is 24.7 Å². The minimum Gasteiger partial charge on any atom is -0.393 e. The van der Waals surface area contributed by atoms with Gasteiger partial charge in [0.25, 0.3) is 11.8 Å². The van der Waals surface area contributed by atoms with Crippen molar-refractivity contribution in [3.8, 4) is 0 Å². The summed E-state index contributed by atoms with van der Waals surface area (Å²) in [6.45, 7) is 0.312. The molecule has 8 heteroatoms. The Hall–Kier alpha value is -3.72. The van der Waals surface area contributed by atoms with Crippen LogP contribution < -0.4 is 11.1 Å². The van der Waals surface area contributed by atoms with E-state index in [1.807, 2.05) is 77.1 Å². The summed E-state index contributed by atoms with van der Waals surface area (Å²) in [5, 5.41) is 14.7. The quantitative estimate of drug-likeness (QED) is 0.397. The molecular weight excluding hydrogens is 444 g/mol. The van der Waals surface area contributed by atoms with Crippen molar-refractivity contribution in [1.29, 1.82) is 0 Å². The number of aromatic nitrogens is 2.